The molecule has 3 aromatic rings. The number of fused-ring (bicyclic) bond motifs is 1. The van der Waals surface area contributed by atoms with E-state index in [-0.39, 0.29) is 22.8 Å². The van der Waals surface area contributed by atoms with Gasteiger partial charge in [-0.1, -0.05) is 24.3 Å². The van der Waals surface area contributed by atoms with Gasteiger partial charge in [0.2, 0.25) is 5.91 Å². The summed E-state index contributed by atoms with van der Waals surface area (Å²) in [7, 11) is -2.54. The highest BCUT2D eigenvalue weighted by atomic mass is 32.1. The maximum Gasteiger partial charge on any atom is 0.355 e. The summed E-state index contributed by atoms with van der Waals surface area (Å²) in [5.74, 6) is -2.78. The maximum atomic E-state index is 15.9. The fourth-order valence-electron chi connectivity index (χ4n) is 3.17. The van der Waals surface area contributed by atoms with Gasteiger partial charge in [0.05, 0.1) is 18.8 Å². The minimum atomic E-state index is -4.13. The first-order chi connectivity index (χ1) is 16.0. The molecule has 7 nitrogen and oxygen atoms in total. The minimum Gasteiger partial charge on any atom is -0.477 e. The van der Waals surface area contributed by atoms with E-state index in [9.17, 15) is 14.5 Å². The molecule has 0 saturated heterocycles. The van der Waals surface area contributed by atoms with E-state index in [4.69, 9.17) is 14.0 Å². The van der Waals surface area contributed by atoms with Gasteiger partial charge in [-0.2, -0.15) is 0 Å². The average molecular weight is 510 g/mol. The number of alkyl halides is 1. The van der Waals surface area contributed by atoms with Crippen LogP contribution in [0.3, 0.4) is 0 Å². The molecule has 2 aromatic carbocycles. The number of hydrogen-bond acceptors (Lipinski definition) is 6. The van der Waals surface area contributed by atoms with E-state index in [0.29, 0.717) is 16.7 Å². The Bertz CT molecular complexity index is 1170. The van der Waals surface area contributed by atoms with Gasteiger partial charge in [-0.3, -0.25) is 4.57 Å². The van der Waals surface area contributed by atoms with Gasteiger partial charge in [0.1, 0.15) is 10.6 Å². The van der Waals surface area contributed by atoms with Gasteiger partial charge in [-0.05, 0) is 62.1 Å². The van der Waals surface area contributed by atoms with Crippen molar-refractivity contribution in [3.05, 3.63) is 65.0 Å². The highest BCUT2D eigenvalue weighted by Crippen LogP contribution is 2.58. The van der Waals surface area contributed by atoms with Crippen LogP contribution in [-0.2, 0) is 14.0 Å². The van der Waals surface area contributed by atoms with Crippen molar-refractivity contribution in [3.63, 3.8) is 0 Å². The molecule has 3 atom stereocenters. The zero-order valence-electron chi connectivity index (χ0n) is 19.5. The zero-order valence-corrected chi connectivity index (χ0v) is 21.2. The van der Waals surface area contributed by atoms with E-state index in [1.807, 2.05) is 13.8 Å². The van der Waals surface area contributed by atoms with E-state index >= 15 is 4.39 Å². The highest BCUT2D eigenvalue weighted by molar-refractivity contribution is 7.57. The third-order valence-electron chi connectivity index (χ3n) is 5.08. The lowest BCUT2D eigenvalue weighted by Gasteiger charge is -2.28. The standard InChI is InChI=1S/C24H29FNO6PS/c1-16(14-31-15-24(2,3)30-4)26-33(29,32-19-8-6-5-7-9-19)22(25)17-10-11-20-18(12-17)13-21(34-20)23(27)28/h5-13,16,22H,14-15H2,1-4H3,(H,26,29)(H,27,28)/t16-,22+,33?/m0/s1. The average Bonchev–Trinajstić information content (AvgIpc) is 3.23. The van der Waals surface area contributed by atoms with Crippen LogP contribution >= 0.6 is 18.9 Å². The Kier molecular flexibility index (Phi) is 8.49. The topological polar surface area (TPSA) is 94.1 Å². The van der Waals surface area contributed by atoms with Crippen LogP contribution in [0.4, 0.5) is 4.39 Å². The molecule has 2 N–H and O–H groups in total. The van der Waals surface area contributed by atoms with Crippen molar-refractivity contribution in [1.82, 2.24) is 5.09 Å². The molecule has 10 heteroatoms. The number of benzene rings is 2. The van der Waals surface area contributed by atoms with Gasteiger partial charge in [-0.25, -0.2) is 14.3 Å². The summed E-state index contributed by atoms with van der Waals surface area (Å²) in [5.41, 5.74) is -0.361. The minimum absolute atomic E-state index is 0.127. The molecule has 0 saturated carbocycles. The lowest BCUT2D eigenvalue weighted by molar-refractivity contribution is -0.0530. The number of carbonyl (C=O) groups is 1. The van der Waals surface area contributed by atoms with Crippen LogP contribution in [0.2, 0.25) is 0 Å². The first-order valence-electron chi connectivity index (χ1n) is 10.7. The molecule has 0 spiro atoms. The number of aromatic carboxylic acids is 1. The SMILES string of the molecule is COC(C)(C)COC[C@H](C)NP(=O)(Oc1ccccc1)[C@@H](F)c1ccc2sc(C(=O)O)cc2c1. The molecule has 0 bridgehead atoms. The van der Waals surface area contributed by atoms with Crippen molar-refractivity contribution in [2.75, 3.05) is 20.3 Å². The molecular formula is C24H29FNO6PS. The number of methoxy groups -OCH3 is 1. The summed E-state index contributed by atoms with van der Waals surface area (Å²) < 4.78 is 47.2. The number of halogens is 1. The summed E-state index contributed by atoms with van der Waals surface area (Å²) >= 11 is 1.09. The largest absolute Gasteiger partial charge is 0.477 e. The third-order valence-corrected chi connectivity index (χ3v) is 8.36. The summed E-state index contributed by atoms with van der Waals surface area (Å²) in [6.45, 7) is 5.95. The van der Waals surface area contributed by atoms with Crippen LogP contribution < -0.4 is 9.61 Å². The number of para-hydroxylation sites is 1. The van der Waals surface area contributed by atoms with Crippen LogP contribution in [0.25, 0.3) is 10.1 Å². The molecular weight excluding hydrogens is 480 g/mol. The lowest BCUT2D eigenvalue weighted by Crippen LogP contribution is -2.35. The molecule has 0 aliphatic carbocycles. The Labute approximate surface area is 202 Å². The van der Waals surface area contributed by atoms with E-state index in [1.165, 1.54) is 18.2 Å². The second kappa shape index (κ2) is 11.0. The summed E-state index contributed by atoms with van der Waals surface area (Å²) in [4.78, 5) is 11.4. The van der Waals surface area contributed by atoms with E-state index in [2.05, 4.69) is 5.09 Å². The second-order valence-corrected chi connectivity index (χ2v) is 11.7. The third kappa shape index (κ3) is 6.64. The zero-order chi connectivity index (χ0) is 24.9. The summed E-state index contributed by atoms with van der Waals surface area (Å²) in [5, 5.41) is 12.6. The highest BCUT2D eigenvalue weighted by Gasteiger charge is 2.39. The van der Waals surface area contributed by atoms with Gasteiger partial charge >= 0.3 is 13.5 Å². The number of thiophene rings is 1. The summed E-state index contributed by atoms with van der Waals surface area (Å²) in [6.07, 6.45) is 0. The van der Waals surface area contributed by atoms with Crippen LogP contribution in [0.15, 0.2) is 54.6 Å². The van der Waals surface area contributed by atoms with E-state index in [1.54, 1.807) is 50.4 Å². The van der Waals surface area contributed by atoms with Crippen LogP contribution in [0.5, 0.6) is 5.75 Å². The number of nitrogens with one attached hydrogen (secondary N) is 1. The molecule has 0 aliphatic rings. The van der Waals surface area contributed by atoms with Gasteiger partial charge in [-0.15, -0.1) is 11.3 Å². The molecule has 0 aliphatic heterocycles. The monoisotopic (exact) mass is 509 g/mol. The number of carboxylic acid groups (broad SMARTS) is 1. The molecule has 3 rings (SSSR count). The van der Waals surface area contributed by atoms with Gasteiger partial charge in [0.15, 0.2) is 0 Å². The number of rotatable bonds is 12. The van der Waals surface area contributed by atoms with Crippen LogP contribution in [-0.4, -0.2) is 43.0 Å². The van der Waals surface area contributed by atoms with Crippen molar-refractivity contribution >= 4 is 34.9 Å². The van der Waals surface area contributed by atoms with Crippen molar-refractivity contribution < 1.29 is 32.9 Å². The Morgan fingerprint density at radius 2 is 1.91 bits per heavy atom. The smallest absolute Gasteiger partial charge is 0.355 e. The van der Waals surface area contributed by atoms with Gasteiger partial charge < -0.3 is 19.1 Å². The van der Waals surface area contributed by atoms with E-state index < -0.39 is 31.0 Å². The summed E-state index contributed by atoms with van der Waals surface area (Å²) in [6, 6.07) is 14.0. The molecule has 1 aromatic heterocycles. The van der Waals surface area contributed by atoms with E-state index in [0.717, 1.165) is 11.3 Å². The Balaban J connectivity index is 1.84. The van der Waals surface area contributed by atoms with Crippen LogP contribution in [0.1, 0.15) is 41.9 Å². The molecule has 1 unspecified atom stereocenters. The Hall–Kier alpha value is -2.29. The fourth-order valence-corrected chi connectivity index (χ4v) is 6.01. The van der Waals surface area contributed by atoms with Gasteiger partial charge in [0, 0.05) is 17.9 Å². The van der Waals surface area contributed by atoms with Crippen LogP contribution in [0, 0.1) is 0 Å². The molecule has 0 amide bonds. The molecule has 1 heterocycles. The lowest BCUT2D eigenvalue weighted by atomic mass is 10.1. The number of carboxylic acids is 1. The maximum absolute atomic E-state index is 15.9. The number of hydrogen-bond donors (Lipinski definition) is 2. The first kappa shape index (κ1) is 26.3. The predicted molar refractivity (Wildman–Crippen MR) is 132 cm³/mol. The molecule has 34 heavy (non-hydrogen) atoms. The number of ether oxygens (including phenoxy) is 2. The fraction of sp³-hybridized carbons (Fsp3) is 0.375. The van der Waals surface area contributed by atoms with Crippen molar-refractivity contribution in [2.45, 2.75) is 38.3 Å². The van der Waals surface area contributed by atoms with Crippen molar-refractivity contribution in [2.24, 2.45) is 0 Å². The Morgan fingerprint density at radius 3 is 2.56 bits per heavy atom. The van der Waals surface area contributed by atoms with Crippen molar-refractivity contribution in [1.29, 1.82) is 0 Å². The molecule has 184 valence electrons. The normalized spacial score (nSPS) is 15.6. The molecule has 0 fully saturated rings. The quantitative estimate of drug-likeness (QED) is 0.278. The predicted octanol–water partition coefficient (Wildman–Crippen LogP) is 6.26. The first-order valence-corrected chi connectivity index (χ1v) is 13.2. The second-order valence-electron chi connectivity index (χ2n) is 8.56. The molecule has 0 radical (unpaired) electrons. The Morgan fingerprint density at radius 1 is 1.21 bits per heavy atom. The van der Waals surface area contributed by atoms with Crippen molar-refractivity contribution in [3.8, 4) is 5.75 Å². The van der Waals surface area contributed by atoms with Gasteiger partial charge in [0.25, 0.3) is 0 Å².